The molecule has 1 N–H and O–H groups in total. The Kier molecular flexibility index (Phi) is 3.61. The van der Waals surface area contributed by atoms with Crippen LogP contribution in [0.1, 0.15) is 54.0 Å². The van der Waals surface area contributed by atoms with Gasteiger partial charge < -0.3 is 10.0 Å². The van der Waals surface area contributed by atoms with Crippen LogP contribution in [0.2, 0.25) is 0 Å². The number of rotatable bonds is 4. The standard InChI is InChI=1S/C19H18F2N2O2/c1-11(24)15-3-2-4-16-17(15)19(20,21)18(25)23(16)10-12-7-14(9-22-8-12)13-5-6-13/h2-4,7-9,11,13,24H,5-6,10H2,1H3/t11-/m0/s1. The molecule has 0 spiro atoms. The molecule has 130 valence electrons. The van der Waals surface area contributed by atoms with Crippen molar-refractivity contribution < 1.29 is 18.7 Å². The second kappa shape index (κ2) is 5.59. The van der Waals surface area contributed by atoms with Gasteiger partial charge in [0.1, 0.15) is 0 Å². The summed E-state index contributed by atoms with van der Waals surface area (Å²) in [7, 11) is 0. The summed E-state index contributed by atoms with van der Waals surface area (Å²) in [5.41, 5.74) is 1.67. The van der Waals surface area contributed by atoms with Crippen LogP contribution in [0.3, 0.4) is 0 Å². The van der Waals surface area contributed by atoms with E-state index in [1.165, 1.54) is 19.1 Å². The maximum absolute atomic E-state index is 14.6. The highest BCUT2D eigenvalue weighted by Gasteiger charge is 2.54. The van der Waals surface area contributed by atoms with Crippen LogP contribution >= 0.6 is 0 Å². The number of hydrogen-bond acceptors (Lipinski definition) is 3. The van der Waals surface area contributed by atoms with Gasteiger partial charge in [0.05, 0.1) is 23.9 Å². The molecule has 4 rings (SSSR count). The first kappa shape index (κ1) is 16.1. The quantitative estimate of drug-likeness (QED) is 0.921. The summed E-state index contributed by atoms with van der Waals surface area (Å²) in [4.78, 5) is 17.6. The Bertz CT molecular complexity index is 847. The van der Waals surface area contributed by atoms with E-state index < -0.39 is 17.9 Å². The number of anilines is 1. The van der Waals surface area contributed by atoms with Crippen LogP contribution < -0.4 is 4.90 Å². The Morgan fingerprint density at radius 1 is 1.36 bits per heavy atom. The summed E-state index contributed by atoms with van der Waals surface area (Å²) >= 11 is 0. The number of aliphatic hydroxyl groups excluding tert-OH is 1. The average Bonchev–Trinajstić information content (AvgIpc) is 3.41. The monoisotopic (exact) mass is 344 g/mol. The van der Waals surface area contributed by atoms with Crippen molar-refractivity contribution in [2.24, 2.45) is 0 Å². The molecule has 0 bridgehead atoms. The molecule has 2 heterocycles. The number of hydrogen-bond donors (Lipinski definition) is 1. The molecule has 1 aromatic carbocycles. The van der Waals surface area contributed by atoms with Gasteiger partial charge in [-0.25, -0.2) is 0 Å². The van der Waals surface area contributed by atoms with Crippen molar-refractivity contribution >= 4 is 11.6 Å². The van der Waals surface area contributed by atoms with E-state index in [9.17, 15) is 18.7 Å². The average molecular weight is 344 g/mol. The first-order valence-corrected chi connectivity index (χ1v) is 8.34. The Labute approximate surface area is 144 Å². The fourth-order valence-electron chi connectivity index (χ4n) is 3.43. The molecule has 2 aliphatic rings. The molecule has 2 aromatic rings. The largest absolute Gasteiger partial charge is 0.389 e. The van der Waals surface area contributed by atoms with Gasteiger partial charge in [-0.2, -0.15) is 8.78 Å². The van der Waals surface area contributed by atoms with Gasteiger partial charge in [-0.15, -0.1) is 0 Å². The summed E-state index contributed by atoms with van der Waals surface area (Å²) in [5, 5.41) is 9.81. The zero-order valence-corrected chi connectivity index (χ0v) is 13.7. The minimum Gasteiger partial charge on any atom is -0.389 e. The van der Waals surface area contributed by atoms with Crippen LogP contribution in [0, 0.1) is 0 Å². The molecular formula is C19H18F2N2O2. The molecular weight excluding hydrogens is 326 g/mol. The third-order valence-corrected chi connectivity index (χ3v) is 4.85. The number of fused-ring (bicyclic) bond motifs is 1. The number of nitrogens with zero attached hydrogens (tertiary/aromatic N) is 2. The lowest BCUT2D eigenvalue weighted by atomic mass is 9.98. The highest BCUT2D eigenvalue weighted by atomic mass is 19.3. The van der Waals surface area contributed by atoms with E-state index in [1.807, 2.05) is 6.07 Å². The van der Waals surface area contributed by atoms with Gasteiger partial charge in [-0.3, -0.25) is 9.78 Å². The number of amides is 1. The SMILES string of the molecule is C[C@H](O)c1cccc2c1C(F)(F)C(=O)N2Cc1cncc(C2CC2)c1. The maximum Gasteiger partial charge on any atom is 0.352 e. The molecule has 1 amide bonds. The van der Waals surface area contributed by atoms with E-state index in [1.54, 1.807) is 18.5 Å². The van der Waals surface area contributed by atoms with Crippen LogP contribution in [-0.2, 0) is 17.3 Å². The molecule has 4 nitrogen and oxygen atoms in total. The zero-order valence-electron chi connectivity index (χ0n) is 13.7. The third-order valence-electron chi connectivity index (χ3n) is 4.85. The molecule has 6 heteroatoms. The van der Waals surface area contributed by atoms with Crippen molar-refractivity contribution in [2.45, 2.75) is 44.3 Å². The van der Waals surface area contributed by atoms with Crippen molar-refractivity contribution in [2.75, 3.05) is 4.90 Å². The lowest BCUT2D eigenvalue weighted by Gasteiger charge is -2.18. The summed E-state index contributed by atoms with van der Waals surface area (Å²) in [5.74, 6) is -4.39. The molecule has 1 aliphatic heterocycles. The van der Waals surface area contributed by atoms with E-state index >= 15 is 0 Å². The summed E-state index contributed by atoms with van der Waals surface area (Å²) < 4.78 is 29.2. The van der Waals surface area contributed by atoms with Crippen LogP contribution in [-0.4, -0.2) is 16.0 Å². The minimum absolute atomic E-state index is 0.0399. The fraction of sp³-hybridized carbons (Fsp3) is 0.368. The Balaban J connectivity index is 1.73. The van der Waals surface area contributed by atoms with Crippen molar-refractivity contribution in [3.63, 3.8) is 0 Å². The Morgan fingerprint density at radius 2 is 2.12 bits per heavy atom. The Morgan fingerprint density at radius 3 is 2.80 bits per heavy atom. The number of halogens is 2. The van der Waals surface area contributed by atoms with Crippen LogP contribution in [0.15, 0.2) is 36.7 Å². The fourth-order valence-corrected chi connectivity index (χ4v) is 3.43. The smallest absolute Gasteiger partial charge is 0.352 e. The molecule has 1 fully saturated rings. The lowest BCUT2D eigenvalue weighted by Crippen LogP contribution is -2.34. The van der Waals surface area contributed by atoms with Gasteiger partial charge in [0.2, 0.25) is 0 Å². The minimum atomic E-state index is -3.63. The van der Waals surface area contributed by atoms with Gasteiger partial charge in [-0.05, 0) is 48.4 Å². The molecule has 1 saturated carbocycles. The van der Waals surface area contributed by atoms with Crippen molar-refractivity contribution in [1.82, 2.24) is 4.98 Å². The number of carbonyl (C=O) groups is 1. The summed E-state index contributed by atoms with van der Waals surface area (Å²) in [6.07, 6.45) is 4.56. The summed E-state index contributed by atoms with van der Waals surface area (Å²) in [6.45, 7) is 1.46. The maximum atomic E-state index is 14.6. The van der Waals surface area contributed by atoms with Crippen molar-refractivity contribution in [3.8, 4) is 0 Å². The molecule has 1 atom stereocenters. The number of aliphatic hydroxyl groups is 1. The summed E-state index contributed by atoms with van der Waals surface area (Å²) in [6, 6.07) is 6.45. The molecule has 0 radical (unpaired) electrons. The second-order valence-electron chi connectivity index (χ2n) is 6.78. The van der Waals surface area contributed by atoms with Gasteiger partial charge >= 0.3 is 11.8 Å². The molecule has 0 saturated heterocycles. The lowest BCUT2D eigenvalue weighted by molar-refractivity contribution is -0.141. The number of benzene rings is 1. The van der Waals surface area contributed by atoms with Gasteiger partial charge in [0.25, 0.3) is 0 Å². The Hall–Kier alpha value is -2.34. The van der Waals surface area contributed by atoms with Crippen molar-refractivity contribution in [3.05, 3.63) is 58.9 Å². The molecule has 0 unspecified atom stereocenters. The van der Waals surface area contributed by atoms with Crippen LogP contribution in [0.5, 0.6) is 0 Å². The second-order valence-corrected chi connectivity index (χ2v) is 6.78. The highest BCUT2D eigenvalue weighted by Crippen LogP contribution is 2.48. The van der Waals surface area contributed by atoms with Gasteiger partial charge in [0.15, 0.2) is 0 Å². The first-order chi connectivity index (χ1) is 11.9. The number of pyridine rings is 1. The number of aromatic nitrogens is 1. The third kappa shape index (κ3) is 2.61. The van der Waals surface area contributed by atoms with E-state index in [2.05, 4.69) is 4.98 Å². The van der Waals surface area contributed by atoms with Crippen LogP contribution in [0.4, 0.5) is 14.5 Å². The molecule has 25 heavy (non-hydrogen) atoms. The van der Waals surface area contributed by atoms with E-state index in [0.717, 1.165) is 28.9 Å². The number of alkyl halides is 2. The van der Waals surface area contributed by atoms with E-state index in [-0.39, 0.29) is 23.4 Å². The van der Waals surface area contributed by atoms with Gasteiger partial charge in [0, 0.05) is 12.4 Å². The highest BCUT2D eigenvalue weighted by molar-refractivity contribution is 6.06. The van der Waals surface area contributed by atoms with E-state index in [0.29, 0.717) is 5.92 Å². The normalized spacial score (nSPS) is 19.8. The first-order valence-electron chi connectivity index (χ1n) is 8.34. The van der Waals surface area contributed by atoms with Crippen LogP contribution in [0.25, 0.3) is 0 Å². The predicted molar refractivity (Wildman–Crippen MR) is 88.4 cm³/mol. The van der Waals surface area contributed by atoms with E-state index in [4.69, 9.17) is 0 Å². The zero-order chi connectivity index (χ0) is 17.8. The predicted octanol–water partition coefficient (Wildman–Crippen LogP) is 3.65. The molecule has 1 aliphatic carbocycles. The van der Waals surface area contributed by atoms with Crippen molar-refractivity contribution in [1.29, 1.82) is 0 Å². The molecule has 1 aromatic heterocycles. The van der Waals surface area contributed by atoms with Gasteiger partial charge in [-0.1, -0.05) is 18.2 Å². The number of carbonyl (C=O) groups excluding carboxylic acids is 1. The topological polar surface area (TPSA) is 53.4 Å².